The molecule has 0 fully saturated rings. The fraction of sp³-hybridized carbons (Fsp3) is 0.176. The van der Waals surface area contributed by atoms with Gasteiger partial charge in [-0.25, -0.2) is 0 Å². The monoisotopic (exact) mass is 358 g/mol. The Morgan fingerprint density at radius 1 is 1.18 bits per heavy atom. The summed E-state index contributed by atoms with van der Waals surface area (Å²) in [6.07, 6.45) is 0.305. The van der Waals surface area contributed by atoms with E-state index in [4.69, 9.17) is 0 Å². The van der Waals surface area contributed by atoms with Gasteiger partial charge >= 0.3 is 0 Å². The standard InChI is InChI=1S/C17H15BrN2O2/c1-12-11-17(22,14-5-3-2-4-6-14)20(19-12)16(21)13-7-9-15(18)10-8-13/h2-10,22H,11H2,1H3/t17-/m1/s1. The van der Waals surface area contributed by atoms with Crippen molar-refractivity contribution >= 4 is 27.5 Å². The average Bonchev–Trinajstić information content (AvgIpc) is 2.84. The van der Waals surface area contributed by atoms with Gasteiger partial charge in [-0.2, -0.15) is 10.1 Å². The topological polar surface area (TPSA) is 52.9 Å². The number of aliphatic hydroxyl groups is 1. The number of benzene rings is 2. The lowest BCUT2D eigenvalue weighted by Crippen LogP contribution is -2.43. The fourth-order valence-corrected chi connectivity index (χ4v) is 2.84. The molecule has 112 valence electrons. The number of halogens is 1. The summed E-state index contributed by atoms with van der Waals surface area (Å²) in [5.74, 6) is -0.323. The summed E-state index contributed by atoms with van der Waals surface area (Å²) >= 11 is 3.34. The van der Waals surface area contributed by atoms with E-state index < -0.39 is 5.72 Å². The van der Waals surface area contributed by atoms with Crippen molar-refractivity contribution in [3.05, 3.63) is 70.2 Å². The SMILES string of the molecule is CC1=NN(C(=O)c2ccc(Br)cc2)[C@](O)(c2ccccc2)C1. The van der Waals surface area contributed by atoms with Crippen molar-refractivity contribution in [1.82, 2.24) is 5.01 Å². The van der Waals surface area contributed by atoms with Gasteiger partial charge in [0.1, 0.15) is 0 Å². The quantitative estimate of drug-likeness (QED) is 0.892. The van der Waals surface area contributed by atoms with E-state index >= 15 is 0 Å². The molecule has 2 aromatic rings. The van der Waals surface area contributed by atoms with Crippen molar-refractivity contribution in [2.24, 2.45) is 5.10 Å². The van der Waals surface area contributed by atoms with E-state index in [1.54, 1.807) is 36.4 Å². The van der Waals surface area contributed by atoms with Crippen molar-refractivity contribution in [1.29, 1.82) is 0 Å². The second-order valence-electron chi connectivity index (χ2n) is 5.32. The molecule has 1 aliphatic rings. The fourth-order valence-electron chi connectivity index (χ4n) is 2.58. The highest BCUT2D eigenvalue weighted by Gasteiger charge is 2.44. The van der Waals surface area contributed by atoms with Crippen molar-refractivity contribution < 1.29 is 9.90 Å². The molecule has 0 saturated carbocycles. The molecule has 0 unspecified atom stereocenters. The molecule has 2 aromatic carbocycles. The van der Waals surface area contributed by atoms with Gasteiger partial charge in [-0.3, -0.25) is 4.79 Å². The van der Waals surface area contributed by atoms with Crippen LogP contribution in [0.5, 0.6) is 0 Å². The smallest absolute Gasteiger partial charge is 0.276 e. The molecule has 0 aliphatic carbocycles. The highest BCUT2D eigenvalue weighted by Crippen LogP contribution is 2.36. The van der Waals surface area contributed by atoms with Gasteiger partial charge in [0.05, 0.1) is 0 Å². The third-order valence-corrected chi connectivity index (χ3v) is 4.17. The van der Waals surface area contributed by atoms with E-state index in [1.165, 1.54) is 5.01 Å². The lowest BCUT2D eigenvalue weighted by molar-refractivity contribution is -0.0765. The van der Waals surface area contributed by atoms with Crippen molar-refractivity contribution in [2.75, 3.05) is 0 Å². The predicted octanol–water partition coefficient (Wildman–Crippen LogP) is 3.52. The Labute approximate surface area is 137 Å². The number of carbonyl (C=O) groups is 1. The highest BCUT2D eigenvalue weighted by molar-refractivity contribution is 9.10. The Hall–Kier alpha value is -1.98. The van der Waals surface area contributed by atoms with E-state index in [1.807, 2.05) is 25.1 Å². The van der Waals surface area contributed by atoms with Crippen LogP contribution in [0.4, 0.5) is 0 Å². The minimum atomic E-state index is -1.44. The molecular weight excluding hydrogens is 344 g/mol. The Morgan fingerprint density at radius 2 is 1.82 bits per heavy atom. The van der Waals surface area contributed by atoms with Crippen LogP contribution < -0.4 is 0 Å². The third-order valence-electron chi connectivity index (χ3n) is 3.64. The lowest BCUT2D eigenvalue weighted by Gasteiger charge is -2.31. The van der Waals surface area contributed by atoms with Crippen LogP contribution in [-0.4, -0.2) is 21.7 Å². The molecule has 1 heterocycles. The Kier molecular flexibility index (Phi) is 3.85. The number of hydrogen-bond acceptors (Lipinski definition) is 3. The van der Waals surface area contributed by atoms with Crippen LogP contribution in [0.3, 0.4) is 0 Å². The van der Waals surface area contributed by atoms with Crippen molar-refractivity contribution in [3.63, 3.8) is 0 Å². The number of amides is 1. The second-order valence-corrected chi connectivity index (χ2v) is 6.23. The van der Waals surface area contributed by atoms with E-state index in [9.17, 15) is 9.90 Å². The number of rotatable bonds is 2. The molecule has 1 N–H and O–H groups in total. The zero-order valence-electron chi connectivity index (χ0n) is 12.0. The van der Waals surface area contributed by atoms with Gasteiger partial charge in [0.15, 0.2) is 5.72 Å². The van der Waals surface area contributed by atoms with Crippen LogP contribution in [0.1, 0.15) is 29.3 Å². The average molecular weight is 359 g/mol. The Bertz CT molecular complexity index is 728. The van der Waals surface area contributed by atoms with Crippen LogP contribution in [0.2, 0.25) is 0 Å². The molecule has 1 atom stereocenters. The summed E-state index contributed by atoms with van der Waals surface area (Å²) < 4.78 is 0.892. The molecule has 0 spiro atoms. The maximum absolute atomic E-state index is 12.7. The lowest BCUT2D eigenvalue weighted by atomic mass is 9.97. The molecule has 1 amide bonds. The molecule has 0 bridgehead atoms. The first kappa shape index (κ1) is 14.9. The molecular formula is C17H15BrN2O2. The van der Waals surface area contributed by atoms with Gasteiger partial charge in [-0.1, -0.05) is 46.3 Å². The van der Waals surface area contributed by atoms with E-state index in [0.717, 1.165) is 10.2 Å². The van der Waals surface area contributed by atoms with Crippen molar-refractivity contribution in [3.8, 4) is 0 Å². The minimum Gasteiger partial charge on any atom is -0.365 e. The molecule has 5 heteroatoms. The van der Waals surface area contributed by atoms with Gasteiger partial charge < -0.3 is 5.11 Å². The Morgan fingerprint density at radius 3 is 2.45 bits per heavy atom. The van der Waals surface area contributed by atoms with Gasteiger partial charge in [-0.05, 0) is 31.2 Å². The molecule has 0 aromatic heterocycles. The number of hydrogen-bond donors (Lipinski definition) is 1. The zero-order valence-corrected chi connectivity index (χ0v) is 13.6. The van der Waals surface area contributed by atoms with Crippen LogP contribution in [0, 0.1) is 0 Å². The second kappa shape index (κ2) is 5.66. The summed E-state index contributed by atoms with van der Waals surface area (Å²) in [4.78, 5) is 12.7. The first-order chi connectivity index (χ1) is 10.5. The number of carbonyl (C=O) groups excluding carboxylic acids is 1. The molecule has 3 rings (SSSR count). The summed E-state index contributed by atoms with van der Waals surface area (Å²) in [6, 6.07) is 16.2. The first-order valence-electron chi connectivity index (χ1n) is 6.93. The first-order valence-corrected chi connectivity index (χ1v) is 7.72. The number of nitrogens with zero attached hydrogens (tertiary/aromatic N) is 2. The summed E-state index contributed by atoms with van der Waals surface area (Å²) in [7, 11) is 0. The molecule has 4 nitrogen and oxygen atoms in total. The van der Waals surface area contributed by atoms with Crippen LogP contribution in [-0.2, 0) is 5.72 Å². The summed E-state index contributed by atoms with van der Waals surface area (Å²) in [6.45, 7) is 1.81. The summed E-state index contributed by atoms with van der Waals surface area (Å²) in [5.41, 5.74) is 0.420. The number of hydrazone groups is 1. The maximum atomic E-state index is 12.7. The van der Waals surface area contributed by atoms with Gasteiger partial charge in [-0.15, -0.1) is 0 Å². The molecule has 0 radical (unpaired) electrons. The largest absolute Gasteiger partial charge is 0.365 e. The van der Waals surface area contributed by atoms with Crippen LogP contribution >= 0.6 is 15.9 Å². The van der Waals surface area contributed by atoms with Crippen molar-refractivity contribution in [2.45, 2.75) is 19.1 Å². The zero-order chi connectivity index (χ0) is 15.7. The van der Waals surface area contributed by atoms with Crippen LogP contribution in [0.15, 0.2) is 64.2 Å². The van der Waals surface area contributed by atoms with E-state index in [0.29, 0.717) is 17.5 Å². The van der Waals surface area contributed by atoms with Gasteiger partial charge in [0.2, 0.25) is 0 Å². The predicted molar refractivity (Wildman–Crippen MR) is 88.4 cm³/mol. The maximum Gasteiger partial charge on any atom is 0.276 e. The molecule has 1 aliphatic heterocycles. The van der Waals surface area contributed by atoms with E-state index in [-0.39, 0.29) is 5.91 Å². The minimum absolute atomic E-state index is 0.305. The normalized spacial score (nSPS) is 20.9. The van der Waals surface area contributed by atoms with Gasteiger partial charge in [0.25, 0.3) is 5.91 Å². The van der Waals surface area contributed by atoms with Gasteiger partial charge in [0, 0.05) is 27.7 Å². The molecule has 22 heavy (non-hydrogen) atoms. The third kappa shape index (κ3) is 2.58. The van der Waals surface area contributed by atoms with E-state index in [2.05, 4.69) is 21.0 Å². The Balaban J connectivity index is 2.00. The van der Waals surface area contributed by atoms with Crippen LogP contribution in [0.25, 0.3) is 0 Å². The summed E-state index contributed by atoms with van der Waals surface area (Å²) in [5, 5.41) is 16.5. The highest BCUT2D eigenvalue weighted by atomic mass is 79.9. The molecule has 0 saturated heterocycles.